The summed E-state index contributed by atoms with van der Waals surface area (Å²) in [5, 5.41) is 2.40. The highest BCUT2D eigenvalue weighted by atomic mass is 14.9. The Morgan fingerprint density at radius 3 is 2.40 bits per heavy atom. The van der Waals surface area contributed by atoms with Crippen molar-refractivity contribution < 1.29 is 7.31 Å². The largest absolute Gasteiger partial charge is 0.220 e. The average molecular weight is 264 g/mol. The maximum atomic E-state index is 8.10. The van der Waals surface area contributed by atoms with Gasteiger partial charge in [0, 0.05) is 18.1 Å². The van der Waals surface area contributed by atoms with Gasteiger partial charge in [-0.2, -0.15) is 4.57 Å². The Morgan fingerprint density at radius 2 is 1.65 bits per heavy atom. The Labute approximate surface area is 123 Å². The minimum Gasteiger partial charge on any atom is -0.198 e. The van der Waals surface area contributed by atoms with Gasteiger partial charge in [0.05, 0.1) is 8.13 Å². The van der Waals surface area contributed by atoms with E-state index in [9.17, 15) is 0 Å². The zero-order valence-electron chi connectivity index (χ0n) is 14.4. The molecule has 0 saturated heterocycles. The molecule has 0 fully saturated rings. The van der Waals surface area contributed by atoms with Crippen molar-refractivity contribution in [2.24, 2.45) is 7.05 Å². The molecule has 2 aromatic carbocycles. The van der Waals surface area contributed by atoms with E-state index in [1.165, 1.54) is 22.0 Å². The van der Waals surface area contributed by atoms with E-state index in [4.69, 9.17) is 2.74 Å². The fourth-order valence-corrected chi connectivity index (χ4v) is 2.84. The summed E-state index contributed by atoms with van der Waals surface area (Å²) in [5.41, 5.74) is 5.45. The number of aromatic nitrogens is 1. The second-order valence-electron chi connectivity index (χ2n) is 5.30. The fraction of sp³-hybridized carbons (Fsp3) is 0.211. The van der Waals surface area contributed by atoms with Crippen molar-refractivity contribution >= 4 is 10.8 Å². The van der Waals surface area contributed by atoms with Crippen molar-refractivity contribution in [3.05, 3.63) is 65.3 Å². The van der Waals surface area contributed by atoms with Gasteiger partial charge in [0.1, 0.15) is 7.05 Å². The second-order valence-corrected chi connectivity index (χ2v) is 5.30. The van der Waals surface area contributed by atoms with Gasteiger partial charge in [-0.3, -0.25) is 0 Å². The summed E-state index contributed by atoms with van der Waals surface area (Å²) >= 11 is 0. The first-order valence-electron chi connectivity index (χ1n) is 7.88. The summed E-state index contributed by atoms with van der Waals surface area (Å²) in [6, 6.07) is 12.6. The third-order valence-corrected chi connectivity index (χ3v) is 4.23. The first-order valence-corrected chi connectivity index (χ1v) is 6.88. The van der Waals surface area contributed by atoms with Crippen molar-refractivity contribution in [1.29, 1.82) is 0 Å². The standard InChI is InChI=1S/C19H20N/c1-13-9-5-6-10-16(13)19-18-12-8-7-11-17(18)14(2)15(3)20(19)4/h5-12H,1-4H3/q+1/i6D,9D. The number of rotatable bonds is 1. The second kappa shape index (κ2) is 4.75. The van der Waals surface area contributed by atoms with Crippen LogP contribution in [0.5, 0.6) is 0 Å². The maximum absolute atomic E-state index is 8.10. The van der Waals surface area contributed by atoms with Crippen LogP contribution in [0, 0.1) is 20.8 Å². The lowest BCUT2D eigenvalue weighted by Gasteiger charge is -2.12. The summed E-state index contributed by atoms with van der Waals surface area (Å²) in [5.74, 6) is 0. The molecule has 0 unspecified atom stereocenters. The molecule has 0 atom stereocenters. The first kappa shape index (κ1) is 10.6. The molecule has 1 heterocycles. The van der Waals surface area contributed by atoms with Crippen LogP contribution in [0.4, 0.5) is 0 Å². The molecule has 3 aromatic rings. The van der Waals surface area contributed by atoms with Gasteiger partial charge in [0.2, 0.25) is 5.69 Å². The summed E-state index contributed by atoms with van der Waals surface area (Å²) < 4.78 is 18.2. The maximum Gasteiger partial charge on any atom is 0.220 e. The number of pyridine rings is 1. The van der Waals surface area contributed by atoms with E-state index in [1.54, 1.807) is 6.07 Å². The Kier molecular flexibility index (Phi) is 2.52. The van der Waals surface area contributed by atoms with Crippen LogP contribution < -0.4 is 4.57 Å². The normalized spacial score (nSPS) is 12.4. The SMILES string of the molecule is [2H]c1cc([2H])c(C)c(-c2c3ccccc3c(C)c(C)[n+]2C)c1. The molecule has 1 aromatic heterocycles. The zero-order chi connectivity index (χ0) is 16.0. The van der Waals surface area contributed by atoms with Crippen molar-refractivity contribution in [3.8, 4) is 11.3 Å². The lowest BCUT2D eigenvalue weighted by molar-refractivity contribution is -0.665. The van der Waals surface area contributed by atoms with Gasteiger partial charge in [-0.05, 0) is 36.9 Å². The Bertz CT molecular complexity index is 898. The van der Waals surface area contributed by atoms with Gasteiger partial charge < -0.3 is 0 Å². The molecule has 0 amide bonds. The third-order valence-electron chi connectivity index (χ3n) is 4.23. The Hall–Kier alpha value is -2.15. The third kappa shape index (κ3) is 1.82. The lowest BCUT2D eigenvalue weighted by Crippen LogP contribution is -2.36. The van der Waals surface area contributed by atoms with Crippen molar-refractivity contribution in [3.63, 3.8) is 0 Å². The molecular weight excluding hydrogens is 242 g/mol. The van der Waals surface area contributed by atoms with E-state index in [1.807, 2.05) is 19.1 Å². The number of hydrogen-bond donors (Lipinski definition) is 0. The minimum atomic E-state index is 0.382. The molecule has 1 nitrogen and oxygen atoms in total. The number of nitrogens with zero attached hydrogens (tertiary/aromatic N) is 1. The average Bonchev–Trinajstić information content (AvgIpc) is 2.50. The first-order chi connectivity index (χ1) is 10.4. The monoisotopic (exact) mass is 264 g/mol. The van der Waals surface area contributed by atoms with Crippen LogP contribution in [0.25, 0.3) is 22.0 Å². The van der Waals surface area contributed by atoms with Crippen LogP contribution in [-0.2, 0) is 7.05 Å². The van der Waals surface area contributed by atoms with Gasteiger partial charge in [0.25, 0.3) is 0 Å². The van der Waals surface area contributed by atoms with Gasteiger partial charge >= 0.3 is 0 Å². The van der Waals surface area contributed by atoms with E-state index in [-0.39, 0.29) is 0 Å². The van der Waals surface area contributed by atoms with Crippen LogP contribution in [-0.4, -0.2) is 0 Å². The quantitative estimate of drug-likeness (QED) is 0.578. The molecular formula is C19H20N+. The molecule has 3 rings (SSSR count). The van der Waals surface area contributed by atoms with Crippen LogP contribution >= 0.6 is 0 Å². The highest BCUT2D eigenvalue weighted by Crippen LogP contribution is 2.30. The topological polar surface area (TPSA) is 3.88 Å². The van der Waals surface area contributed by atoms with Gasteiger partial charge in [-0.1, -0.05) is 36.4 Å². The van der Waals surface area contributed by atoms with Crippen molar-refractivity contribution in [2.45, 2.75) is 20.8 Å². The smallest absolute Gasteiger partial charge is 0.198 e. The summed E-state index contributed by atoms with van der Waals surface area (Å²) in [6.07, 6.45) is 0. The van der Waals surface area contributed by atoms with Crippen molar-refractivity contribution in [1.82, 2.24) is 0 Å². The van der Waals surface area contributed by atoms with Crippen molar-refractivity contribution in [2.75, 3.05) is 0 Å². The van der Waals surface area contributed by atoms with Crippen LogP contribution in [0.1, 0.15) is 19.6 Å². The lowest BCUT2D eigenvalue weighted by atomic mass is 9.96. The Morgan fingerprint density at radius 1 is 0.950 bits per heavy atom. The zero-order valence-corrected chi connectivity index (χ0v) is 12.4. The van der Waals surface area contributed by atoms with Gasteiger partial charge in [-0.25, -0.2) is 0 Å². The molecule has 0 aliphatic heterocycles. The molecule has 0 spiro atoms. The predicted octanol–water partition coefficient (Wildman–Crippen LogP) is 4.26. The van der Waals surface area contributed by atoms with E-state index >= 15 is 0 Å². The highest BCUT2D eigenvalue weighted by Gasteiger charge is 2.21. The van der Waals surface area contributed by atoms with Gasteiger partial charge in [-0.15, -0.1) is 0 Å². The molecule has 0 N–H and O–H groups in total. The number of hydrogen-bond acceptors (Lipinski definition) is 0. The summed E-state index contributed by atoms with van der Waals surface area (Å²) in [6.45, 7) is 6.22. The van der Waals surface area contributed by atoms with E-state index in [0.29, 0.717) is 12.1 Å². The minimum absolute atomic E-state index is 0.382. The van der Waals surface area contributed by atoms with E-state index in [0.717, 1.165) is 16.8 Å². The van der Waals surface area contributed by atoms with E-state index in [2.05, 4.69) is 43.7 Å². The molecule has 0 radical (unpaired) electrons. The number of aryl methyl sites for hydroxylation is 1. The van der Waals surface area contributed by atoms with Crippen LogP contribution in [0.15, 0.2) is 48.5 Å². The fourth-order valence-electron chi connectivity index (χ4n) is 2.84. The predicted molar refractivity (Wildman–Crippen MR) is 84.8 cm³/mol. The molecule has 1 heteroatoms. The van der Waals surface area contributed by atoms with Crippen LogP contribution in [0.2, 0.25) is 0 Å². The summed E-state index contributed by atoms with van der Waals surface area (Å²) in [7, 11) is 2.06. The molecule has 0 aliphatic rings. The molecule has 0 bridgehead atoms. The van der Waals surface area contributed by atoms with E-state index < -0.39 is 0 Å². The van der Waals surface area contributed by atoms with Gasteiger partial charge in [0.15, 0.2) is 5.69 Å². The molecule has 0 saturated carbocycles. The summed E-state index contributed by atoms with van der Waals surface area (Å²) in [4.78, 5) is 0. The highest BCUT2D eigenvalue weighted by molar-refractivity contribution is 5.95. The van der Waals surface area contributed by atoms with Crippen LogP contribution in [0.3, 0.4) is 0 Å². The molecule has 100 valence electrons. The Balaban J connectivity index is 2.52. The molecule has 20 heavy (non-hydrogen) atoms. The number of fused-ring (bicyclic) bond motifs is 1. The molecule has 0 aliphatic carbocycles. The number of benzene rings is 2.